The summed E-state index contributed by atoms with van der Waals surface area (Å²) in [4.78, 5) is 25.3. The highest BCUT2D eigenvalue weighted by Crippen LogP contribution is 2.33. The van der Waals surface area contributed by atoms with Crippen LogP contribution in [0.25, 0.3) is 0 Å². The van der Waals surface area contributed by atoms with Gasteiger partial charge in [-0.2, -0.15) is 0 Å². The largest absolute Gasteiger partial charge is 0.481 e. The van der Waals surface area contributed by atoms with Gasteiger partial charge < -0.3 is 10.0 Å². The molecule has 1 aliphatic rings. The van der Waals surface area contributed by atoms with E-state index in [0.717, 1.165) is 18.4 Å². The monoisotopic (exact) mass is 367 g/mol. The molecule has 1 N–H and O–H groups in total. The molecule has 2 rings (SSSR count). The summed E-state index contributed by atoms with van der Waals surface area (Å²) in [5.74, 6) is -3.02. The molecule has 1 fully saturated rings. The minimum absolute atomic E-state index is 0.00485. The van der Waals surface area contributed by atoms with E-state index in [2.05, 4.69) is 0 Å². The molecular formula is C18H25NO5S. The van der Waals surface area contributed by atoms with Gasteiger partial charge in [0.05, 0.1) is 11.7 Å². The first kappa shape index (κ1) is 19.4. The number of likely N-dealkylation sites (tertiary alicyclic amines) is 1. The van der Waals surface area contributed by atoms with E-state index in [4.69, 9.17) is 0 Å². The second-order valence-corrected chi connectivity index (χ2v) is 8.74. The zero-order valence-electron chi connectivity index (χ0n) is 14.4. The maximum atomic E-state index is 12.4. The van der Waals surface area contributed by atoms with Crippen LogP contribution in [0.15, 0.2) is 30.3 Å². The Labute approximate surface area is 148 Å². The normalized spacial score (nSPS) is 20.6. The number of carboxylic acids is 1. The average molecular weight is 367 g/mol. The summed E-state index contributed by atoms with van der Waals surface area (Å²) in [6.45, 7) is 2.28. The van der Waals surface area contributed by atoms with Gasteiger partial charge in [-0.1, -0.05) is 50.1 Å². The predicted molar refractivity (Wildman–Crippen MR) is 95.1 cm³/mol. The van der Waals surface area contributed by atoms with Crippen LogP contribution in [0.2, 0.25) is 0 Å². The topological polar surface area (TPSA) is 91.8 Å². The smallest absolute Gasteiger partial charge is 0.308 e. The number of nitrogens with zero attached hydrogens (tertiary/aromatic N) is 1. The number of carbonyl (C=O) groups excluding carboxylic acids is 1. The van der Waals surface area contributed by atoms with Crippen molar-refractivity contribution in [2.24, 2.45) is 5.92 Å². The molecule has 2 atom stereocenters. The highest BCUT2D eigenvalue weighted by molar-refractivity contribution is 7.92. The summed E-state index contributed by atoms with van der Waals surface area (Å²) in [6.07, 6.45) is 2.28. The van der Waals surface area contributed by atoms with Crippen LogP contribution in [0.5, 0.6) is 0 Å². The highest BCUT2D eigenvalue weighted by Gasteiger charge is 2.40. The molecule has 138 valence electrons. The Bertz CT molecular complexity index is 701. The minimum atomic E-state index is -3.45. The Balaban J connectivity index is 2.05. The van der Waals surface area contributed by atoms with Gasteiger partial charge in [-0.05, 0) is 12.0 Å². The molecule has 1 saturated heterocycles. The van der Waals surface area contributed by atoms with E-state index in [9.17, 15) is 23.1 Å². The predicted octanol–water partition coefficient (Wildman–Crippen LogP) is 1.92. The summed E-state index contributed by atoms with van der Waals surface area (Å²) in [5, 5.41) is 9.46. The van der Waals surface area contributed by atoms with E-state index in [1.807, 2.05) is 37.3 Å². The average Bonchev–Trinajstić information content (AvgIpc) is 3.01. The van der Waals surface area contributed by atoms with Crippen molar-refractivity contribution in [3.63, 3.8) is 0 Å². The molecular weight excluding hydrogens is 342 g/mol. The van der Waals surface area contributed by atoms with Crippen molar-refractivity contribution in [2.75, 3.05) is 24.6 Å². The van der Waals surface area contributed by atoms with Crippen molar-refractivity contribution < 1.29 is 23.1 Å². The fraction of sp³-hybridized carbons (Fsp3) is 0.556. The lowest BCUT2D eigenvalue weighted by atomic mass is 9.89. The summed E-state index contributed by atoms with van der Waals surface area (Å²) in [7, 11) is -3.45. The maximum Gasteiger partial charge on any atom is 0.308 e. The maximum absolute atomic E-state index is 12.4. The molecule has 7 heteroatoms. The zero-order chi connectivity index (χ0) is 18.4. The molecule has 1 aromatic carbocycles. The molecule has 0 spiro atoms. The van der Waals surface area contributed by atoms with Crippen molar-refractivity contribution in [2.45, 2.75) is 32.1 Å². The number of aliphatic carboxylic acids is 1. The third kappa shape index (κ3) is 5.29. The van der Waals surface area contributed by atoms with E-state index < -0.39 is 33.4 Å². The Morgan fingerprint density at radius 1 is 1.16 bits per heavy atom. The molecule has 0 aromatic heterocycles. The van der Waals surface area contributed by atoms with Crippen molar-refractivity contribution in [1.82, 2.24) is 4.90 Å². The summed E-state index contributed by atoms with van der Waals surface area (Å²) < 4.78 is 24.2. The molecule has 1 amide bonds. The van der Waals surface area contributed by atoms with Gasteiger partial charge in [-0.3, -0.25) is 9.59 Å². The molecule has 1 aliphatic heterocycles. The van der Waals surface area contributed by atoms with Gasteiger partial charge in [-0.25, -0.2) is 8.42 Å². The molecule has 1 aromatic rings. The standard InChI is InChI=1S/C18H25NO5S/c1-2-3-7-10-25(23,24)13-17(20)19-11-15(16(12-19)18(21)22)14-8-5-4-6-9-14/h4-6,8-9,15-16H,2-3,7,10-13H2,1H3,(H,21,22). The first-order valence-electron chi connectivity index (χ1n) is 8.60. The van der Waals surface area contributed by atoms with Gasteiger partial charge >= 0.3 is 5.97 Å². The number of amides is 1. The lowest BCUT2D eigenvalue weighted by Crippen LogP contribution is -2.35. The number of carbonyl (C=O) groups is 2. The van der Waals surface area contributed by atoms with E-state index in [1.54, 1.807) is 0 Å². The lowest BCUT2D eigenvalue weighted by molar-refractivity contribution is -0.141. The minimum Gasteiger partial charge on any atom is -0.481 e. The summed E-state index contributed by atoms with van der Waals surface area (Å²) >= 11 is 0. The Morgan fingerprint density at radius 2 is 1.84 bits per heavy atom. The molecule has 0 aliphatic carbocycles. The quantitative estimate of drug-likeness (QED) is 0.709. The van der Waals surface area contributed by atoms with Crippen molar-refractivity contribution >= 4 is 21.7 Å². The van der Waals surface area contributed by atoms with Crippen LogP contribution >= 0.6 is 0 Å². The first-order chi connectivity index (χ1) is 11.8. The Morgan fingerprint density at radius 3 is 2.44 bits per heavy atom. The molecule has 0 saturated carbocycles. The first-order valence-corrected chi connectivity index (χ1v) is 10.4. The van der Waals surface area contributed by atoms with Gasteiger partial charge in [0.1, 0.15) is 5.75 Å². The van der Waals surface area contributed by atoms with Crippen molar-refractivity contribution in [3.05, 3.63) is 35.9 Å². The van der Waals surface area contributed by atoms with Crippen LogP contribution in [-0.2, 0) is 19.4 Å². The number of hydrogen-bond donors (Lipinski definition) is 1. The van der Waals surface area contributed by atoms with E-state index >= 15 is 0 Å². The van der Waals surface area contributed by atoms with Crippen molar-refractivity contribution in [3.8, 4) is 0 Å². The molecule has 2 unspecified atom stereocenters. The third-order valence-corrected chi connectivity index (χ3v) is 6.22. The van der Waals surface area contributed by atoms with Crippen LogP contribution < -0.4 is 0 Å². The second kappa shape index (κ2) is 8.47. The fourth-order valence-corrected chi connectivity index (χ4v) is 4.57. The molecule has 6 nitrogen and oxygen atoms in total. The van der Waals surface area contributed by atoms with Crippen molar-refractivity contribution in [1.29, 1.82) is 0 Å². The van der Waals surface area contributed by atoms with Gasteiger partial charge in [0.2, 0.25) is 5.91 Å². The zero-order valence-corrected chi connectivity index (χ0v) is 15.2. The summed E-state index contributed by atoms with van der Waals surface area (Å²) in [5.41, 5.74) is 0.857. The molecule has 25 heavy (non-hydrogen) atoms. The number of unbranched alkanes of at least 4 members (excludes halogenated alkanes) is 2. The van der Waals surface area contributed by atoms with Crippen LogP contribution in [-0.4, -0.2) is 54.9 Å². The SMILES string of the molecule is CCCCCS(=O)(=O)CC(=O)N1CC(C(=O)O)C(c2ccccc2)C1. The Kier molecular flexibility index (Phi) is 6.58. The number of carboxylic acid groups (broad SMARTS) is 1. The van der Waals surface area contributed by atoms with Crippen LogP contribution in [0.1, 0.15) is 37.7 Å². The fourth-order valence-electron chi connectivity index (χ4n) is 3.22. The van der Waals surface area contributed by atoms with Gasteiger partial charge in [-0.15, -0.1) is 0 Å². The Hall–Kier alpha value is -1.89. The number of sulfone groups is 1. The van der Waals surface area contributed by atoms with E-state index in [1.165, 1.54) is 4.90 Å². The number of rotatable bonds is 8. The number of benzene rings is 1. The molecule has 1 heterocycles. The third-order valence-electron chi connectivity index (χ3n) is 4.62. The van der Waals surface area contributed by atoms with Gasteiger partial charge in [0, 0.05) is 19.0 Å². The molecule has 0 radical (unpaired) electrons. The summed E-state index contributed by atoms with van der Waals surface area (Å²) in [6, 6.07) is 9.19. The number of hydrogen-bond acceptors (Lipinski definition) is 4. The van der Waals surface area contributed by atoms with Crippen LogP contribution in [0.4, 0.5) is 0 Å². The van der Waals surface area contributed by atoms with E-state index in [0.29, 0.717) is 6.42 Å². The van der Waals surface area contributed by atoms with Gasteiger partial charge in [0.25, 0.3) is 0 Å². The van der Waals surface area contributed by atoms with Gasteiger partial charge in [0.15, 0.2) is 9.84 Å². The lowest BCUT2D eigenvalue weighted by Gasteiger charge is -2.16. The molecule has 0 bridgehead atoms. The highest BCUT2D eigenvalue weighted by atomic mass is 32.2. The second-order valence-electron chi connectivity index (χ2n) is 6.56. The van der Waals surface area contributed by atoms with Crippen LogP contribution in [0, 0.1) is 5.92 Å². The van der Waals surface area contributed by atoms with E-state index in [-0.39, 0.29) is 24.8 Å². The van der Waals surface area contributed by atoms with Crippen LogP contribution in [0.3, 0.4) is 0 Å².